The van der Waals surface area contributed by atoms with Gasteiger partial charge in [0, 0.05) is 0 Å². The Morgan fingerprint density at radius 3 is 0.900 bits per heavy atom. The molecule has 0 fully saturated rings. The van der Waals surface area contributed by atoms with Crippen LogP contribution in [0.15, 0.2) is 0 Å². The Balaban J connectivity index is -0.00000000800. The van der Waals surface area contributed by atoms with Gasteiger partial charge < -0.3 is 27.4 Å². The first-order chi connectivity index (χ1) is 2.41. The Labute approximate surface area is 80.8 Å². The Morgan fingerprint density at radius 1 is 0.700 bits per heavy atom. The van der Waals surface area contributed by atoms with Crippen LogP contribution in [0.1, 0.15) is 0 Å². The summed E-state index contributed by atoms with van der Waals surface area (Å²) >= 11 is -3.69. The standard InChI is InChI=1S/2Bi.5H2O.3O/h;;5*1H2;;;. The molecule has 10 heteroatoms. The van der Waals surface area contributed by atoms with Crippen molar-refractivity contribution in [1.82, 2.24) is 0 Å². The summed E-state index contributed by atoms with van der Waals surface area (Å²) in [7, 11) is 0. The van der Waals surface area contributed by atoms with E-state index in [4.69, 9.17) is 0 Å². The predicted octanol–water partition coefficient (Wildman–Crippen LogP) is -5.19. The summed E-state index contributed by atoms with van der Waals surface area (Å²) in [5, 5.41) is 0. The molecule has 10 heavy (non-hydrogen) atoms. The fourth-order valence-electron chi connectivity index (χ4n) is 0.0136. The molecular weight excluding hydrogens is 546 g/mol. The van der Waals surface area contributed by atoms with Crippen LogP contribution >= 0.6 is 0 Å². The third-order valence-corrected chi connectivity index (χ3v) is 5.13. The monoisotopic (exact) mass is 556 g/mol. The van der Waals surface area contributed by atoms with Crippen molar-refractivity contribution in [3.63, 3.8) is 0 Å². The quantitative estimate of drug-likeness (QED) is 0.307. The van der Waals surface area contributed by atoms with Crippen molar-refractivity contribution >= 4 is 47.4 Å². The molecule has 0 aromatic rings. The molecule has 0 heterocycles. The molecule has 0 unspecified atom stereocenters. The van der Waals surface area contributed by atoms with Gasteiger partial charge in [0.1, 0.15) is 0 Å². The van der Waals surface area contributed by atoms with Gasteiger partial charge in [-0.1, -0.05) is 0 Å². The van der Waals surface area contributed by atoms with Crippen molar-refractivity contribution in [3.8, 4) is 0 Å². The van der Waals surface area contributed by atoms with Gasteiger partial charge in [-0.05, 0) is 0 Å². The normalized spacial score (nSPS) is 3.20. The van der Waals surface area contributed by atoms with Gasteiger partial charge in [-0.3, -0.25) is 0 Å². The van der Waals surface area contributed by atoms with Gasteiger partial charge in [0.05, 0.1) is 0 Å². The van der Waals surface area contributed by atoms with Crippen molar-refractivity contribution in [3.05, 3.63) is 0 Å². The fourth-order valence-corrected chi connectivity index (χ4v) is 1.05. The second-order valence-electron chi connectivity index (χ2n) is 0.231. The van der Waals surface area contributed by atoms with Crippen LogP contribution in [0.2, 0.25) is 0 Å². The van der Waals surface area contributed by atoms with Crippen LogP contribution in [-0.4, -0.2) is 74.7 Å². The van der Waals surface area contributed by atoms with E-state index < -0.39 is 47.4 Å². The van der Waals surface area contributed by atoms with Crippen molar-refractivity contribution < 1.29 is 33.9 Å². The van der Waals surface area contributed by atoms with E-state index >= 15 is 0 Å². The first-order valence-electron chi connectivity index (χ1n) is 0.730. The van der Waals surface area contributed by atoms with E-state index in [0.29, 0.717) is 0 Å². The van der Waals surface area contributed by atoms with Gasteiger partial charge in [0.25, 0.3) is 0 Å². The van der Waals surface area contributed by atoms with Gasteiger partial charge in [-0.15, -0.1) is 0 Å². The summed E-state index contributed by atoms with van der Waals surface area (Å²) in [5.74, 6) is 0. The summed E-state index contributed by atoms with van der Waals surface area (Å²) in [6.07, 6.45) is 0. The predicted molar refractivity (Wildman–Crippen MR) is 32.0 cm³/mol. The first-order valence-corrected chi connectivity index (χ1v) is 6.41. The molecule has 10 N–H and O–H groups in total. The van der Waals surface area contributed by atoms with E-state index in [9.17, 15) is 5.63 Å². The summed E-state index contributed by atoms with van der Waals surface area (Å²) < 4.78 is 22.8. The summed E-state index contributed by atoms with van der Waals surface area (Å²) in [5.41, 5.74) is 0. The molecule has 0 radical (unpaired) electrons. The van der Waals surface area contributed by atoms with E-state index in [1.807, 2.05) is 0 Å². The maximum absolute atomic E-state index is 9.33. The Kier molecular flexibility index (Phi) is 215. The molecule has 0 aromatic heterocycles. The van der Waals surface area contributed by atoms with E-state index in [2.05, 4.69) is 0.889 Å². The molecule has 0 aliphatic rings. The third-order valence-electron chi connectivity index (χ3n) is 0.0667. The molecule has 0 aromatic carbocycles. The van der Waals surface area contributed by atoms with Crippen LogP contribution in [0, 0.1) is 0 Å². The van der Waals surface area contributed by atoms with Crippen LogP contribution in [0.25, 0.3) is 0 Å². The van der Waals surface area contributed by atoms with E-state index in [1.54, 1.807) is 0 Å². The number of hydrogen-bond donors (Lipinski definition) is 0. The molecule has 0 saturated heterocycles. The molecule has 0 amide bonds. The van der Waals surface area contributed by atoms with Crippen LogP contribution in [0.3, 0.4) is 0 Å². The molecule has 0 spiro atoms. The minimum absolute atomic E-state index is 0. The molecule has 0 aliphatic heterocycles. The molecular formula is H10Bi2O8. The SMILES string of the molecule is O.O.O.O.O.[O]=[Bi][O][Bi]=[O]. The number of rotatable bonds is 2. The van der Waals surface area contributed by atoms with Gasteiger partial charge in [0.2, 0.25) is 0 Å². The topological polar surface area (TPSA) is 201 Å². The molecule has 0 aliphatic carbocycles. The van der Waals surface area contributed by atoms with Crippen LogP contribution in [0.4, 0.5) is 0 Å². The van der Waals surface area contributed by atoms with Crippen molar-refractivity contribution in [2.45, 2.75) is 0 Å². The molecule has 0 rings (SSSR count). The second-order valence-corrected chi connectivity index (χ2v) is 7.60. The third kappa shape index (κ3) is 61.7. The van der Waals surface area contributed by atoms with Crippen molar-refractivity contribution in [2.24, 2.45) is 0 Å². The molecule has 0 bridgehead atoms. The Morgan fingerprint density at radius 2 is 0.900 bits per heavy atom. The van der Waals surface area contributed by atoms with Gasteiger partial charge in [-0.2, -0.15) is 0 Å². The van der Waals surface area contributed by atoms with E-state index in [0.717, 1.165) is 0 Å². The minimum atomic E-state index is -1.85. The van der Waals surface area contributed by atoms with Gasteiger partial charge in [0.15, 0.2) is 0 Å². The van der Waals surface area contributed by atoms with Crippen LogP contribution in [-0.2, 0) is 6.52 Å². The second kappa shape index (κ2) is 49.5. The summed E-state index contributed by atoms with van der Waals surface area (Å²) in [6.45, 7) is 0. The van der Waals surface area contributed by atoms with Crippen LogP contribution < -0.4 is 0 Å². The molecule has 8 nitrogen and oxygen atoms in total. The van der Waals surface area contributed by atoms with E-state index in [1.165, 1.54) is 0 Å². The average Bonchev–Trinajstić information content (AvgIpc) is 1.41. The van der Waals surface area contributed by atoms with Crippen LogP contribution in [0.5, 0.6) is 0 Å². The summed E-state index contributed by atoms with van der Waals surface area (Å²) in [6, 6.07) is 0. The summed E-state index contributed by atoms with van der Waals surface area (Å²) in [4.78, 5) is 0. The average molecular weight is 556 g/mol. The molecule has 0 saturated carbocycles. The van der Waals surface area contributed by atoms with Gasteiger partial charge >= 0.3 is 53.9 Å². The zero-order valence-corrected chi connectivity index (χ0v) is 11.6. The zero-order valence-electron chi connectivity index (χ0n) is 4.62. The van der Waals surface area contributed by atoms with E-state index in [-0.39, 0.29) is 27.4 Å². The van der Waals surface area contributed by atoms with Crippen molar-refractivity contribution in [1.29, 1.82) is 0 Å². The van der Waals surface area contributed by atoms with Gasteiger partial charge in [-0.25, -0.2) is 0 Å². The Hall–Kier alpha value is 1.13. The first kappa shape index (κ1) is 43.4. The van der Waals surface area contributed by atoms with Crippen molar-refractivity contribution in [2.75, 3.05) is 0 Å². The Bertz CT molecular complexity index is 36.5. The maximum atomic E-state index is 9.33. The number of hydrogen-bond acceptors (Lipinski definition) is 3. The zero-order chi connectivity index (χ0) is 4.12. The fraction of sp³-hybridized carbons (Fsp3) is 0. The molecule has 68 valence electrons. The molecule has 0 atom stereocenters.